The van der Waals surface area contributed by atoms with Gasteiger partial charge in [-0.25, -0.2) is 5.84 Å². The molecular weight excluding hydrogens is 480 g/mol. The molecule has 2 aliphatic rings. The van der Waals surface area contributed by atoms with E-state index in [1.807, 2.05) is 12.1 Å². The van der Waals surface area contributed by atoms with E-state index in [0.29, 0.717) is 53.2 Å². The van der Waals surface area contributed by atoms with E-state index in [4.69, 9.17) is 17.4 Å². The van der Waals surface area contributed by atoms with Crippen molar-refractivity contribution in [1.82, 2.24) is 4.57 Å². The summed E-state index contributed by atoms with van der Waals surface area (Å²) in [7, 11) is 1.62. The minimum atomic E-state index is -0.616. The summed E-state index contributed by atoms with van der Waals surface area (Å²) in [4.78, 5) is 41.9. The van der Waals surface area contributed by atoms with Gasteiger partial charge in [0.15, 0.2) is 0 Å². The molecule has 0 fully saturated rings. The minimum Gasteiger partial charge on any atom is -0.326 e. The number of halogens is 1. The highest BCUT2D eigenvalue weighted by Gasteiger charge is 2.30. The van der Waals surface area contributed by atoms with Crippen LogP contribution in [0.1, 0.15) is 30.1 Å². The smallest absolute Gasteiger partial charge is 0.252 e. The molecule has 0 unspecified atom stereocenters. The number of hydrazine groups is 1. The Morgan fingerprint density at radius 3 is 2.81 bits per heavy atom. The van der Waals surface area contributed by atoms with Gasteiger partial charge in [-0.15, -0.1) is 0 Å². The number of rotatable bonds is 5. The number of anilines is 3. The highest BCUT2D eigenvalue weighted by Crippen LogP contribution is 2.34. The molecule has 36 heavy (non-hydrogen) atoms. The van der Waals surface area contributed by atoms with Crippen LogP contribution in [0.25, 0.3) is 11.1 Å². The molecule has 2 aliphatic heterocycles. The number of aliphatic imine (C=N–C) groups is 1. The van der Waals surface area contributed by atoms with E-state index in [2.05, 4.69) is 15.6 Å². The fraction of sp³-hybridized carbons (Fsp3) is 0.231. The lowest BCUT2D eigenvalue weighted by molar-refractivity contribution is -0.119. The van der Waals surface area contributed by atoms with Crippen molar-refractivity contribution in [2.24, 2.45) is 10.8 Å². The number of fused-ring (bicyclic) bond motifs is 2. The molecule has 0 radical (unpaired) electrons. The molecule has 0 saturated heterocycles. The maximum absolute atomic E-state index is 13.2. The molecule has 3 heterocycles. The third-order valence-electron chi connectivity index (χ3n) is 6.49. The number of nitrogens with two attached hydrogens (primary N) is 1. The summed E-state index contributed by atoms with van der Waals surface area (Å²) < 4.78 is 1.55. The average Bonchev–Trinajstić information content (AvgIpc) is 3.29. The Balaban J connectivity index is 1.43. The molecular formula is C26H25ClN6O3. The molecule has 0 spiro atoms. The van der Waals surface area contributed by atoms with E-state index < -0.39 is 6.04 Å². The van der Waals surface area contributed by atoms with E-state index in [1.165, 1.54) is 17.4 Å². The quantitative estimate of drug-likeness (QED) is 0.212. The third-order valence-corrected chi connectivity index (χ3v) is 6.73. The van der Waals surface area contributed by atoms with Crippen molar-refractivity contribution in [3.63, 3.8) is 0 Å². The van der Waals surface area contributed by atoms with Gasteiger partial charge >= 0.3 is 0 Å². The Hall–Kier alpha value is -3.95. The molecule has 3 aromatic rings. The second-order valence-corrected chi connectivity index (χ2v) is 9.29. The van der Waals surface area contributed by atoms with Gasteiger partial charge in [-0.2, -0.15) is 0 Å². The first-order valence-electron chi connectivity index (χ1n) is 11.6. The molecule has 2 aromatic carbocycles. The number of pyridine rings is 1. The van der Waals surface area contributed by atoms with Crippen LogP contribution in [0.3, 0.4) is 0 Å². The fourth-order valence-electron chi connectivity index (χ4n) is 4.84. The number of carbonyl (C=O) groups excluding carboxylic acids is 2. The molecule has 5 rings (SSSR count). The number of hydrogen-bond donors (Lipinski definition) is 3. The van der Waals surface area contributed by atoms with Crippen molar-refractivity contribution in [3.8, 4) is 11.1 Å². The minimum absolute atomic E-state index is 0.0110. The second kappa shape index (κ2) is 9.60. The van der Waals surface area contributed by atoms with Gasteiger partial charge in [0.05, 0.1) is 5.69 Å². The third kappa shape index (κ3) is 4.50. The summed E-state index contributed by atoms with van der Waals surface area (Å²) in [5, 5.41) is 7.66. The first-order chi connectivity index (χ1) is 17.3. The van der Waals surface area contributed by atoms with Crippen LogP contribution >= 0.6 is 11.6 Å². The van der Waals surface area contributed by atoms with Crippen LogP contribution in [-0.4, -0.2) is 29.8 Å². The summed E-state index contributed by atoms with van der Waals surface area (Å²) in [6.45, 7) is 0. The molecule has 0 aliphatic carbocycles. The first-order valence-corrected chi connectivity index (χ1v) is 12.0. The van der Waals surface area contributed by atoms with Crippen LogP contribution < -0.4 is 27.0 Å². The van der Waals surface area contributed by atoms with Gasteiger partial charge in [0, 0.05) is 47.2 Å². The van der Waals surface area contributed by atoms with E-state index in [1.54, 1.807) is 41.9 Å². The highest BCUT2D eigenvalue weighted by atomic mass is 35.5. The molecule has 4 N–H and O–H groups in total. The van der Waals surface area contributed by atoms with Gasteiger partial charge < -0.3 is 15.2 Å². The number of carbonyl (C=O) groups is 2. The van der Waals surface area contributed by atoms with E-state index in [-0.39, 0.29) is 17.4 Å². The lowest BCUT2D eigenvalue weighted by Gasteiger charge is -2.20. The average molecular weight is 505 g/mol. The largest absolute Gasteiger partial charge is 0.326 e. The van der Waals surface area contributed by atoms with Crippen molar-refractivity contribution in [2.75, 3.05) is 22.7 Å². The monoisotopic (exact) mass is 504 g/mol. The number of nitrogens with zero attached hydrogens (tertiary/aromatic N) is 3. The Morgan fingerprint density at radius 2 is 2.00 bits per heavy atom. The van der Waals surface area contributed by atoms with Gasteiger partial charge in [0.1, 0.15) is 12.4 Å². The van der Waals surface area contributed by atoms with Crippen molar-refractivity contribution in [3.05, 3.63) is 75.2 Å². The Kier molecular flexibility index (Phi) is 6.34. The van der Waals surface area contributed by atoms with E-state index >= 15 is 0 Å². The van der Waals surface area contributed by atoms with Crippen LogP contribution in [0.15, 0.2) is 58.3 Å². The number of aromatic nitrogens is 1. The van der Waals surface area contributed by atoms with E-state index in [0.717, 1.165) is 16.9 Å². The Morgan fingerprint density at radius 1 is 1.17 bits per heavy atom. The predicted octanol–water partition coefficient (Wildman–Crippen LogP) is 3.52. The Bertz CT molecular complexity index is 1460. The van der Waals surface area contributed by atoms with Crippen molar-refractivity contribution in [1.29, 1.82) is 0 Å². The molecule has 1 atom stereocenters. The first kappa shape index (κ1) is 23.8. The predicted molar refractivity (Wildman–Crippen MR) is 142 cm³/mol. The van der Waals surface area contributed by atoms with Crippen molar-refractivity contribution in [2.45, 2.75) is 31.7 Å². The SMILES string of the molecule is CN=CN(N)c1ccc(Cl)cc1-c1cc2n(c(=O)c1)[C@H](C(=O)Nc1ccc3c(c1)CCC(=O)N3)CC2. The molecule has 0 saturated carbocycles. The topological polar surface area (TPSA) is 122 Å². The van der Waals surface area contributed by atoms with Crippen molar-refractivity contribution < 1.29 is 9.59 Å². The summed E-state index contributed by atoms with van der Waals surface area (Å²) in [6, 6.07) is 13.4. The van der Waals surface area contributed by atoms with Crippen molar-refractivity contribution >= 4 is 46.8 Å². The van der Waals surface area contributed by atoms with Crippen LogP contribution in [0, 0.1) is 0 Å². The number of nitrogens with one attached hydrogen (secondary N) is 2. The van der Waals surface area contributed by atoms with Gasteiger partial charge in [0.25, 0.3) is 5.56 Å². The number of benzene rings is 2. The molecule has 10 heteroatoms. The molecule has 9 nitrogen and oxygen atoms in total. The zero-order valence-electron chi connectivity index (χ0n) is 19.6. The molecule has 1 aromatic heterocycles. The van der Waals surface area contributed by atoms with Crippen LogP contribution in [0.5, 0.6) is 0 Å². The number of hydrogen-bond acceptors (Lipinski definition) is 5. The zero-order chi connectivity index (χ0) is 25.4. The summed E-state index contributed by atoms with van der Waals surface area (Å²) in [5.41, 5.74) is 4.88. The molecule has 184 valence electrons. The summed E-state index contributed by atoms with van der Waals surface area (Å²) in [5.74, 6) is 5.85. The van der Waals surface area contributed by atoms with Gasteiger partial charge in [-0.1, -0.05) is 11.6 Å². The number of aryl methyl sites for hydroxylation is 2. The molecule has 2 amide bonds. The maximum Gasteiger partial charge on any atom is 0.252 e. The summed E-state index contributed by atoms with van der Waals surface area (Å²) in [6.07, 6.45) is 3.60. The molecule has 0 bridgehead atoms. The van der Waals surface area contributed by atoms with Gasteiger partial charge in [0.2, 0.25) is 11.8 Å². The Labute approximate surface area is 212 Å². The standard InChI is InChI=1S/C26H25ClN6O3/c1-29-14-32(28)22-7-3-17(27)13-20(22)16-11-19-5-8-23(33(19)25(35)12-16)26(36)30-18-4-6-21-15(10-18)2-9-24(34)31-21/h3-4,6-7,10-14,23H,2,5,8-9,28H2,1H3,(H,30,36)(H,31,34)/t23-/m0/s1. The summed E-state index contributed by atoms with van der Waals surface area (Å²) >= 11 is 6.25. The van der Waals surface area contributed by atoms with Crippen LogP contribution in [0.4, 0.5) is 17.1 Å². The lowest BCUT2D eigenvalue weighted by atomic mass is 10.0. The van der Waals surface area contributed by atoms with E-state index in [9.17, 15) is 14.4 Å². The second-order valence-electron chi connectivity index (χ2n) is 8.85. The van der Waals surface area contributed by atoms with Crippen LogP contribution in [0.2, 0.25) is 5.02 Å². The highest BCUT2D eigenvalue weighted by molar-refractivity contribution is 6.31. The maximum atomic E-state index is 13.2. The normalized spacial score (nSPS) is 16.4. The number of amides is 2. The van der Waals surface area contributed by atoms with Gasteiger partial charge in [-0.3, -0.25) is 24.4 Å². The fourth-order valence-corrected chi connectivity index (χ4v) is 5.01. The van der Waals surface area contributed by atoms with Gasteiger partial charge in [-0.05, 0) is 72.9 Å². The van der Waals surface area contributed by atoms with Crippen LogP contribution in [-0.2, 0) is 22.4 Å². The lowest BCUT2D eigenvalue weighted by Crippen LogP contribution is -2.31. The zero-order valence-corrected chi connectivity index (χ0v) is 20.4.